The van der Waals surface area contributed by atoms with E-state index in [0.717, 1.165) is 25.1 Å². The van der Waals surface area contributed by atoms with E-state index in [0.29, 0.717) is 6.04 Å². The van der Waals surface area contributed by atoms with Gasteiger partial charge in [0.25, 0.3) is 0 Å². The molecule has 3 heteroatoms. The fourth-order valence-electron chi connectivity index (χ4n) is 2.31. The maximum atomic E-state index is 5.23. The third-order valence-electron chi connectivity index (χ3n) is 3.44. The summed E-state index contributed by atoms with van der Waals surface area (Å²) in [7, 11) is 1.70. The highest BCUT2D eigenvalue weighted by Gasteiger charge is 2.12. The molecule has 0 radical (unpaired) electrons. The molecule has 2 rings (SSSR count). The van der Waals surface area contributed by atoms with E-state index in [-0.39, 0.29) is 0 Å². The molecule has 0 aliphatic rings. The highest BCUT2D eigenvalue weighted by molar-refractivity contribution is 7.11. The molecule has 1 unspecified atom stereocenters. The molecule has 1 aromatic heterocycles. The van der Waals surface area contributed by atoms with E-state index in [4.69, 9.17) is 4.74 Å². The van der Waals surface area contributed by atoms with Crippen LogP contribution in [0.4, 0.5) is 0 Å². The normalized spacial score (nSPS) is 12.3. The molecule has 1 N–H and O–H groups in total. The van der Waals surface area contributed by atoms with Gasteiger partial charge in [0, 0.05) is 22.2 Å². The van der Waals surface area contributed by atoms with Gasteiger partial charge in [0.2, 0.25) is 0 Å². The Balaban J connectivity index is 2.12. The first-order valence-corrected chi connectivity index (χ1v) is 8.03. The van der Waals surface area contributed by atoms with Gasteiger partial charge in [-0.2, -0.15) is 0 Å². The van der Waals surface area contributed by atoms with Crippen LogP contribution in [-0.4, -0.2) is 13.7 Å². The summed E-state index contributed by atoms with van der Waals surface area (Å²) >= 11 is 1.92. The lowest BCUT2D eigenvalue weighted by Crippen LogP contribution is -2.22. The number of nitrogens with one attached hydrogen (secondary N) is 1. The standard InChI is InChI=1S/C17H23NOS/c1-4-15-10-11-16(20-15)12-17(18-5-2)13-6-8-14(19-3)9-7-13/h6-11,17-18H,4-5,12H2,1-3H3. The van der Waals surface area contributed by atoms with Gasteiger partial charge >= 0.3 is 0 Å². The molecule has 0 fully saturated rings. The molecule has 2 nitrogen and oxygen atoms in total. The molecule has 20 heavy (non-hydrogen) atoms. The first-order valence-electron chi connectivity index (χ1n) is 7.21. The van der Waals surface area contributed by atoms with Gasteiger partial charge in [-0.25, -0.2) is 0 Å². The molecule has 0 saturated carbocycles. The minimum absolute atomic E-state index is 0.370. The van der Waals surface area contributed by atoms with Crippen molar-refractivity contribution in [1.29, 1.82) is 0 Å². The third-order valence-corrected chi connectivity index (χ3v) is 4.69. The first-order chi connectivity index (χ1) is 9.76. The number of methoxy groups -OCH3 is 1. The molecule has 0 aliphatic carbocycles. The lowest BCUT2D eigenvalue weighted by Gasteiger charge is -2.18. The second-order valence-corrected chi connectivity index (χ2v) is 6.06. The van der Waals surface area contributed by atoms with Crippen LogP contribution < -0.4 is 10.1 Å². The topological polar surface area (TPSA) is 21.3 Å². The average Bonchev–Trinajstić information content (AvgIpc) is 2.95. The maximum Gasteiger partial charge on any atom is 0.118 e. The Morgan fingerprint density at radius 2 is 1.75 bits per heavy atom. The largest absolute Gasteiger partial charge is 0.497 e. The molecular weight excluding hydrogens is 266 g/mol. The molecule has 0 spiro atoms. The second kappa shape index (κ2) is 7.46. The summed E-state index contributed by atoms with van der Waals surface area (Å²) in [4.78, 5) is 2.91. The predicted octanol–water partition coefficient (Wildman–Crippen LogP) is 4.21. The average molecular weight is 289 g/mol. The number of aryl methyl sites for hydroxylation is 1. The van der Waals surface area contributed by atoms with Crippen molar-refractivity contribution in [1.82, 2.24) is 5.32 Å². The van der Waals surface area contributed by atoms with Crippen LogP contribution in [0, 0.1) is 0 Å². The SMILES string of the molecule is CCNC(Cc1ccc(CC)s1)c1ccc(OC)cc1. The second-order valence-electron chi connectivity index (χ2n) is 4.81. The van der Waals surface area contributed by atoms with Crippen molar-refractivity contribution in [3.63, 3.8) is 0 Å². The summed E-state index contributed by atoms with van der Waals surface area (Å²) in [6, 6.07) is 13.3. The van der Waals surface area contributed by atoms with E-state index in [1.165, 1.54) is 15.3 Å². The molecule has 1 atom stereocenters. The van der Waals surface area contributed by atoms with Gasteiger partial charge in [0.15, 0.2) is 0 Å². The van der Waals surface area contributed by atoms with Crippen LogP contribution in [0.15, 0.2) is 36.4 Å². The summed E-state index contributed by atoms with van der Waals surface area (Å²) < 4.78 is 5.23. The van der Waals surface area contributed by atoms with Gasteiger partial charge < -0.3 is 10.1 Å². The lowest BCUT2D eigenvalue weighted by molar-refractivity contribution is 0.414. The Morgan fingerprint density at radius 1 is 1.05 bits per heavy atom. The van der Waals surface area contributed by atoms with Crippen LogP contribution in [0.25, 0.3) is 0 Å². The Hall–Kier alpha value is -1.32. The van der Waals surface area contributed by atoms with Crippen LogP contribution in [-0.2, 0) is 12.8 Å². The first kappa shape index (κ1) is 15.1. The summed E-state index contributed by atoms with van der Waals surface area (Å²) in [6.45, 7) is 5.34. The predicted molar refractivity (Wildman–Crippen MR) is 86.8 cm³/mol. The number of ether oxygens (including phenoxy) is 1. The smallest absolute Gasteiger partial charge is 0.118 e. The van der Waals surface area contributed by atoms with Crippen LogP contribution in [0.2, 0.25) is 0 Å². The van der Waals surface area contributed by atoms with E-state index in [2.05, 4.69) is 43.4 Å². The summed E-state index contributed by atoms with van der Waals surface area (Å²) in [6.07, 6.45) is 2.17. The summed E-state index contributed by atoms with van der Waals surface area (Å²) in [5.41, 5.74) is 1.32. The Bertz CT molecular complexity index is 518. The Kier molecular flexibility index (Phi) is 5.62. The number of hydrogen-bond acceptors (Lipinski definition) is 3. The van der Waals surface area contributed by atoms with Gasteiger partial charge in [-0.05, 0) is 42.8 Å². The molecule has 108 valence electrons. The quantitative estimate of drug-likeness (QED) is 0.824. The van der Waals surface area contributed by atoms with Crippen LogP contribution >= 0.6 is 11.3 Å². The number of benzene rings is 1. The van der Waals surface area contributed by atoms with E-state index < -0.39 is 0 Å². The van der Waals surface area contributed by atoms with Crippen LogP contribution in [0.3, 0.4) is 0 Å². The fraction of sp³-hybridized carbons (Fsp3) is 0.412. The Labute approximate surface area is 125 Å². The van der Waals surface area contributed by atoms with E-state index in [9.17, 15) is 0 Å². The fourth-order valence-corrected chi connectivity index (χ4v) is 3.32. The van der Waals surface area contributed by atoms with E-state index in [1.807, 2.05) is 23.5 Å². The zero-order valence-corrected chi connectivity index (χ0v) is 13.3. The van der Waals surface area contributed by atoms with Crippen LogP contribution in [0.5, 0.6) is 5.75 Å². The van der Waals surface area contributed by atoms with Crippen molar-refractivity contribution >= 4 is 11.3 Å². The van der Waals surface area contributed by atoms with Crippen LogP contribution in [0.1, 0.15) is 35.2 Å². The minimum Gasteiger partial charge on any atom is -0.497 e. The van der Waals surface area contributed by atoms with Gasteiger partial charge in [-0.15, -0.1) is 11.3 Å². The summed E-state index contributed by atoms with van der Waals surface area (Å²) in [5, 5.41) is 3.58. The molecule has 1 heterocycles. The Morgan fingerprint density at radius 3 is 2.30 bits per heavy atom. The number of likely N-dealkylation sites (N-methyl/N-ethyl adjacent to an activating group) is 1. The third kappa shape index (κ3) is 3.84. The maximum absolute atomic E-state index is 5.23. The van der Waals surface area contributed by atoms with E-state index in [1.54, 1.807) is 7.11 Å². The number of thiophene rings is 1. The zero-order valence-electron chi connectivity index (χ0n) is 12.5. The molecule has 0 saturated heterocycles. The van der Waals surface area contributed by atoms with Crippen molar-refractivity contribution in [2.75, 3.05) is 13.7 Å². The monoisotopic (exact) mass is 289 g/mol. The van der Waals surface area contributed by atoms with Gasteiger partial charge in [0.1, 0.15) is 5.75 Å². The van der Waals surface area contributed by atoms with Gasteiger partial charge in [-0.1, -0.05) is 26.0 Å². The molecule has 0 bridgehead atoms. The molecule has 2 aromatic rings. The number of rotatable bonds is 7. The molecular formula is C17H23NOS. The highest BCUT2D eigenvalue weighted by Crippen LogP contribution is 2.25. The minimum atomic E-state index is 0.370. The van der Waals surface area contributed by atoms with Crippen molar-refractivity contribution in [3.05, 3.63) is 51.7 Å². The van der Waals surface area contributed by atoms with E-state index >= 15 is 0 Å². The van der Waals surface area contributed by atoms with Gasteiger partial charge in [-0.3, -0.25) is 0 Å². The number of hydrogen-bond donors (Lipinski definition) is 1. The molecule has 1 aromatic carbocycles. The van der Waals surface area contributed by atoms with Crippen molar-refractivity contribution in [2.24, 2.45) is 0 Å². The zero-order chi connectivity index (χ0) is 14.4. The molecule has 0 amide bonds. The molecule has 0 aliphatic heterocycles. The van der Waals surface area contributed by atoms with Crippen molar-refractivity contribution in [3.8, 4) is 5.75 Å². The highest BCUT2D eigenvalue weighted by atomic mass is 32.1. The van der Waals surface area contributed by atoms with Crippen molar-refractivity contribution < 1.29 is 4.74 Å². The van der Waals surface area contributed by atoms with Crippen molar-refractivity contribution in [2.45, 2.75) is 32.7 Å². The van der Waals surface area contributed by atoms with Gasteiger partial charge in [0.05, 0.1) is 7.11 Å². The summed E-state index contributed by atoms with van der Waals surface area (Å²) in [5.74, 6) is 0.911. The lowest BCUT2D eigenvalue weighted by atomic mass is 10.0.